The van der Waals surface area contributed by atoms with Crippen LogP contribution < -0.4 is 16.0 Å². The molecule has 6 N–H and O–H groups in total. The highest BCUT2D eigenvalue weighted by atomic mass is 16.4. The molecule has 1 fully saturated rings. The van der Waals surface area contributed by atoms with Crippen molar-refractivity contribution in [1.29, 1.82) is 0 Å². The molecule has 2 aromatic heterocycles. The van der Waals surface area contributed by atoms with Gasteiger partial charge in [0.2, 0.25) is 11.4 Å². The van der Waals surface area contributed by atoms with Crippen molar-refractivity contribution in [2.75, 3.05) is 33.7 Å². The molecule has 2 atom stereocenters. The predicted molar refractivity (Wildman–Crippen MR) is 205 cm³/mol. The number of rotatable bonds is 18. The second-order valence-electron chi connectivity index (χ2n) is 14.6. The number of aliphatic hydroxyl groups excluding tert-OH is 1. The average molecular weight is 751 g/mol. The van der Waals surface area contributed by atoms with Crippen molar-refractivity contribution in [3.05, 3.63) is 93.9 Å². The summed E-state index contributed by atoms with van der Waals surface area (Å²) < 4.78 is 7.15. The van der Waals surface area contributed by atoms with E-state index in [0.717, 1.165) is 80.4 Å². The summed E-state index contributed by atoms with van der Waals surface area (Å²) in [4.78, 5) is 35.6. The van der Waals surface area contributed by atoms with Crippen molar-refractivity contribution in [2.24, 2.45) is 5.92 Å². The first-order valence-corrected chi connectivity index (χ1v) is 18.9. The molecule has 5 rings (SSSR count). The molecule has 1 aliphatic rings. The summed E-state index contributed by atoms with van der Waals surface area (Å²) >= 11 is 0. The van der Waals surface area contributed by atoms with Crippen LogP contribution in [0.25, 0.3) is 10.9 Å². The topological polar surface area (TPSA) is 209 Å². The minimum absolute atomic E-state index is 0.109. The maximum absolute atomic E-state index is 12.1. The quantitative estimate of drug-likeness (QED) is 0.0429. The lowest BCUT2D eigenvalue weighted by Crippen LogP contribution is -2.39. The number of oxazole rings is 1. The van der Waals surface area contributed by atoms with Gasteiger partial charge in [-0.25, -0.2) is 4.98 Å². The lowest BCUT2D eigenvalue weighted by atomic mass is 9.73. The van der Waals surface area contributed by atoms with Crippen molar-refractivity contribution in [3.8, 4) is 5.75 Å². The summed E-state index contributed by atoms with van der Waals surface area (Å²) in [6.45, 7) is 2.51. The van der Waals surface area contributed by atoms with E-state index in [1.807, 2.05) is 36.5 Å². The third-order valence-corrected chi connectivity index (χ3v) is 10.1. The normalized spacial score (nSPS) is 14.9. The number of aromatic amines is 1. The predicted octanol–water partition coefficient (Wildman–Crippen LogP) is 5.44. The van der Waals surface area contributed by atoms with Gasteiger partial charge in [0.15, 0.2) is 11.4 Å². The number of nitrogens with zero attached hydrogens (tertiary/aromatic N) is 2. The minimum Gasteiger partial charge on any atom is -0.871 e. The highest BCUT2D eigenvalue weighted by Crippen LogP contribution is 2.43. The van der Waals surface area contributed by atoms with Crippen LogP contribution in [-0.4, -0.2) is 81.6 Å². The van der Waals surface area contributed by atoms with Crippen LogP contribution in [-0.2, 0) is 21.7 Å². The Hall–Kier alpha value is -4.56. The SMILES string of the molecule is C[N+](C)(CCCCCCCCCNC[C@H](O)c1ccc([O-])c2[nH]c(=O)ccc12)Cc1cnc([C@](O)(c2ccccc2)C2CCCCC2)o1.O=CO.O=CO. The van der Waals surface area contributed by atoms with Crippen LogP contribution in [0.15, 0.2) is 70.0 Å². The second-order valence-corrected chi connectivity index (χ2v) is 14.6. The third-order valence-electron chi connectivity index (χ3n) is 10.1. The number of aliphatic hydroxyl groups is 2. The first-order chi connectivity index (χ1) is 26.0. The number of aromatic nitrogens is 2. The van der Waals surface area contributed by atoms with Gasteiger partial charge in [0, 0.05) is 29.4 Å². The van der Waals surface area contributed by atoms with Crippen LogP contribution in [0, 0.1) is 5.92 Å². The summed E-state index contributed by atoms with van der Waals surface area (Å²) in [5.41, 5.74) is 0.234. The zero-order valence-corrected chi connectivity index (χ0v) is 31.6. The van der Waals surface area contributed by atoms with Gasteiger partial charge in [-0.1, -0.05) is 93.2 Å². The van der Waals surface area contributed by atoms with Gasteiger partial charge in [-0.15, -0.1) is 0 Å². The van der Waals surface area contributed by atoms with E-state index in [-0.39, 0.29) is 35.7 Å². The Balaban J connectivity index is 0.00000122. The van der Waals surface area contributed by atoms with Crippen molar-refractivity contribution >= 4 is 23.8 Å². The zero-order valence-electron chi connectivity index (χ0n) is 31.6. The molecule has 54 heavy (non-hydrogen) atoms. The van der Waals surface area contributed by atoms with Gasteiger partial charge in [-0.05, 0) is 55.8 Å². The number of hydrogen-bond acceptors (Lipinski definition) is 9. The summed E-state index contributed by atoms with van der Waals surface area (Å²) in [7, 11) is 4.47. The van der Waals surface area contributed by atoms with E-state index < -0.39 is 11.7 Å². The minimum atomic E-state index is -1.20. The number of carboxylic acid groups (broad SMARTS) is 2. The number of H-pyrrole nitrogens is 1. The summed E-state index contributed by atoms with van der Waals surface area (Å²) in [6, 6.07) is 15.9. The summed E-state index contributed by atoms with van der Waals surface area (Å²) in [5, 5.41) is 52.6. The molecule has 0 amide bonds. The van der Waals surface area contributed by atoms with E-state index in [4.69, 9.17) is 24.2 Å². The molecule has 13 nitrogen and oxygen atoms in total. The molecule has 0 radical (unpaired) electrons. The molecule has 296 valence electrons. The van der Waals surface area contributed by atoms with Crippen molar-refractivity contribution in [3.63, 3.8) is 0 Å². The van der Waals surface area contributed by atoms with Crippen LogP contribution in [0.4, 0.5) is 0 Å². The second kappa shape index (κ2) is 22.6. The number of carbonyl (C=O) groups is 2. The molecule has 1 aliphatic carbocycles. The van der Waals surface area contributed by atoms with E-state index in [1.165, 1.54) is 44.2 Å². The zero-order chi connectivity index (χ0) is 39.4. The van der Waals surface area contributed by atoms with E-state index in [9.17, 15) is 20.1 Å². The highest BCUT2D eigenvalue weighted by Gasteiger charge is 2.44. The molecular weight excluding hydrogens is 692 g/mol. The van der Waals surface area contributed by atoms with E-state index in [2.05, 4.69) is 29.4 Å². The number of benzene rings is 2. The number of unbranched alkanes of at least 4 members (excludes halogenated alkanes) is 6. The standard InChI is InChI=1S/C39H54N4O5.2CH2O2/c1-43(2,28-31-26-41-38(48-31)39(47,29-16-10-8-11-17-29)30-18-12-9-13-19-30)25-15-7-5-3-4-6-14-24-40-27-35(45)32-20-22-34(44)37-33(32)21-23-36(46)42-37;2*2-1-3/h8,10-11,16-17,20-23,26,30,35,40,45,47H,3-7,9,12-15,18-19,24-25,27-28H2,1-2H3,(H-,42,44,46);2*1H,(H,2,3)/t35-,39-;;/m0../s1. The number of nitrogens with one attached hydrogen (secondary N) is 2. The Morgan fingerprint density at radius 1 is 0.944 bits per heavy atom. The fourth-order valence-corrected chi connectivity index (χ4v) is 7.37. The van der Waals surface area contributed by atoms with Crippen molar-refractivity contribution in [2.45, 2.75) is 95.3 Å². The molecule has 2 heterocycles. The van der Waals surface area contributed by atoms with Crippen molar-refractivity contribution < 1.29 is 44.0 Å². The molecule has 0 unspecified atom stereocenters. The van der Waals surface area contributed by atoms with Gasteiger partial charge in [-0.2, -0.15) is 0 Å². The number of hydrogen-bond donors (Lipinski definition) is 6. The monoisotopic (exact) mass is 750 g/mol. The van der Waals surface area contributed by atoms with Crippen LogP contribution in [0.2, 0.25) is 0 Å². The number of pyridine rings is 1. The largest absolute Gasteiger partial charge is 0.871 e. The van der Waals surface area contributed by atoms with Gasteiger partial charge in [-0.3, -0.25) is 14.4 Å². The lowest BCUT2D eigenvalue weighted by molar-refractivity contribution is -0.904. The Bertz CT molecular complexity index is 1730. The van der Waals surface area contributed by atoms with E-state index in [1.54, 1.807) is 12.1 Å². The molecule has 2 aromatic carbocycles. The molecule has 0 bridgehead atoms. The Morgan fingerprint density at radius 2 is 1.57 bits per heavy atom. The maximum Gasteiger partial charge on any atom is 0.290 e. The lowest BCUT2D eigenvalue weighted by Gasteiger charge is -2.36. The number of fused-ring (bicyclic) bond motifs is 1. The molecule has 0 saturated heterocycles. The van der Waals surface area contributed by atoms with Crippen molar-refractivity contribution in [1.82, 2.24) is 15.3 Å². The molecule has 4 aromatic rings. The van der Waals surface area contributed by atoms with Gasteiger partial charge in [0.1, 0.15) is 6.54 Å². The van der Waals surface area contributed by atoms with Gasteiger partial charge < -0.3 is 44.7 Å². The number of quaternary nitrogens is 1. The molecule has 13 heteroatoms. The van der Waals surface area contributed by atoms with Crippen LogP contribution in [0.3, 0.4) is 0 Å². The van der Waals surface area contributed by atoms with Crippen LogP contribution in [0.5, 0.6) is 5.75 Å². The van der Waals surface area contributed by atoms with Crippen LogP contribution in [0.1, 0.15) is 106 Å². The molecule has 0 aliphatic heterocycles. The average Bonchev–Trinajstić information content (AvgIpc) is 3.63. The molecule has 0 spiro atoms. The van der Waals surface area contributed by atoms with Crippen LogP contribution >= 0.6 is 0 Å². The smallest absolute Gasteiger partial charge is 0.290 e. The fourth-order valence-electron chi connectivity index (χ4n) is 7.37. The Kier molecular flexibility index (Phi) is 18.4. The molecule has 1 saturated carbocycles. The first kappa shape index (κ1) is 43.8. The molecular formula is C41H58N4O9. The van der Waals surface area contributed by atoms with E-state index >= 15 is 0 Å². The van der Waals surface area contributed by atoms with E-state index in [0.29, 0.717) is 23.4 Å². The van der Waals surface area contributed by atoms with Gasteiger partial charge in [0.05, 0.1) is 32.9 Å². The summed E-state index contributed by atoms with van der Waals surface area (Å²) in [5.74, 6) is 1.12. The summed E-state index contributed by atoms with van der Waals surface area (Å²) in [6.07, 6.45) is 14.7. The highest BCUT2D eigenvalue weighted by molar-refractivity contribution is 5.87. The van der Waals surface area contributed by atoms with Gasteiger partial charge in [0.25, 0.3) is 12.9 Å². The maximum atomic E-state index is 12.1. The fraction of sp³-hybridized carbons (Fsp3) is 0.512. The van der Waals surface area contributed by atoms with Gasteiger partial charge >= 0.3 is 0 Å². The Labute approximate surface area is 317 Å². The Morgan fingerprint density at radius 3 is 2.24 bits per heavy atom. The first-order valence-electron chi connectivity index (χ1n) is 18.9. The third kappa shape index (κ3) is 13.1.